The van der Waals surface area contributed by atoms with Crippen LogP contribution in [0.15, 0.2) is 0 Å². The van der Waals surface area contributed by atoms with Crippen molar-refractivity contribution in [2.24, 2.45) is 22.7 Å². The summed E-state index contributed by atoms with van der Waals surface area (Å²) >= 11 is 0. The van der Waals surface area contributed by atoms with Crippen LogP contribution in [-0.2, 0) is 0 Å². The summed E-state index contributed by atoms with van der Waals surface area (Å²) in [6.45, 7) is 9.86. The molecule has 0 spiro atoms. The van der Waals surface area contributed by atoms with Gasteiger partial charge in [-0.2, -0.15) is 0 Å². The minimum absolute atomic E-state index is 0.495. The molecule has 88 valence electrons. The second-order valence-corrected chi connectivity index (χ2v) is 7.36. The topological polar surface area (TPSA) is 0 Å². The van der Waals surface area contributed by atoms with Crippen LogP contribution < -0.4 is 0 Å². The van der Waals surface area contributed by atoms with Crippen molar-refractivity contribution < 1.29 is 0 Å². The molecule has 0 radical (unpaired) electrons. The first kappa shape index (κ1) is 11.5. The van der Waals surface area contributed by atoms with Crippen LogP contribution in [0.2, 0.25) is 0 Å². The predicted octanol–water partition coefficient (Wildman–Crippen LogP) is 5.03. The van der Waals surface area contributed by atoms with Gasteiger partial charge in [0, 0.05) is 0 Å². The smallest absolute Gasteiger partial charge is 0.0274 e. The van der Waals surface area contributed by atoms with Gasteiger partial charge in [0.2, 0.25) is 0 Å². The van der Waals surface area contributed by atoms with Crippen molar-refractivity contribution in [2.45, 2.75) is 72.6 Å². The van der Waals surface area contributed by atoms with Crippen molar-refractivity contribution >= 4 is 0 Å². The van der Waals surface area contributed by atoms with E-state index in [-0.39, 0.29) is 0 Å². The summed E-state index contributed by atoms with van der Waals surface area (Å²) in [6.07, 6.45) is 10.5. The first-order valence-electron chi connectivity index (χ1n) is 6.92. The highest BCUT2D eigenvalue weighted by molar-refractivity contribution is 4.95. The fourth-order valence-electron chi connectivity index (χ4n) is 3.80. The van der Waals surface area contributed by atoms with E-state index in [4.69, 9.17) is 0 Å². The van der Waals surface area contributed by atoms with E-state index in [9.17, 15) is 0 Å². The summed E-state index contributed by atoms with van der Waals surface area (Å²) in [5.41, 5.74) is 1.10. The van der Waals surface area contributed by atoms with E-state index in [0.29, 0.717) is 10.8 Å². The van der Waals surface area contributed by atoms with Crippen LogP contribution in [0.3, 0.4) is 0 Å². The standard InChI is InChI=1S/C15H28/c1-14(2,3)15(4)10-9-12-7-5-6-8-13(12)11-15/h12-13H,5-11H2,1-4H3. The molecule has 2 fully saturated rings. The highest BCUT2D eigenvalue weighted by atomic mass is 14.5. The summed E-state index contributed by atoms with van der Waals surface area (Å²) in [5.74, 6) is 2.16. The molecule has 0 heterocycles. The van der Waals surface area contributed by atoms with Crippen molar-refractivity contribution in [1.82, 2.24) is 0 Å². The third kappa shape index (κ3) is 2.10. The number of fused-ring (bicyclic) bond motifs is 1. The van der Waals surface area contributed by atoms with Gasteiger partial charge in [0.1, 0.15) is 0 Å². The summed E-state index contributed by atoms with van der Waals surface area (Å²) < 4.78 is 0. The largest absolute Gasteiger partial charge is 0.0597 e. The Balaban J connectivity index is 2.07. The Morgan fingerprint density at radius 1 is 0.933 bits per heavy atom. The maximum absolute atomic E-state index is 2.54. The Morgan fingerprint density at radius 3 is 2.13 bits per heavy atom. The molecule has 0 aliphatic heterocycles. The van der Waals surface area contributed by atoms with Crippen LogP contribution in [-0.4, -0.2) is 0 Å². The fraction of sp³-hybridized carbons (Fsp3) is 1.00. The maximum atomic E-state index is 2.54. The molecule has 0 saturated heterocycles. The van der Waals surface area contributed by atoms with E-state index in [0.717, 1.165) is 11.8 Å². The van der Waals surface area contributed by atoms with Gasteiger partial charge in [0.25, 0.3) is 0 Å². The SMILES string of the molecule is CC(C)(C)C1(C)CCC2CCCCC2C1. The molecular weight excluding hydrogens is 180 g/mol. The van der Waals surface area contributed by atoms with Crippen LogP contribution in [0.4, 0.5) is 0 Å². The van der Waals surface area contributed by atoms with Crippen molar-refractivity contribution in [2.75, 3.05) is 0 Å². The summed E-state index contributed by atoms with van der Waals surface area (Å²) in [5, 5.41) is 0. The van der Waals surface area contributed by atoms with E-state index < -0.39 is 0 Å². The monoisotopic (exact) mass is 208 g/mol. The van der Waals surface area contributed by atoms with Gasteiger partial charge < -0.3 is 0 Å². The highest BCUT2D eigenvalue weighted by Crippen LogP contribution is 2.55. The zero-order chi connectivity index (χ0) is 11.1. The van der Waals surface area contributed by atoms with Gasteiger partial charge in [-0.25, -0.2) is 0 Å². The van der Waals surface area contributed by atoms with Gasteiger partial charge in [-0.1, -0.05) is 53.4 Å². The molecule has 0 heteroatoms. The lowest BCUT2D eigenvalue weighted by Crippen LogP contribution is -2.41. The predicted molar refractivity (Wildman–Crippen MR) is 66.9 cm³/mol. The molecule has 3 unspecified atom stereocenters. The van der Waals surface area contributed by atoms with Crippen LogP contribution in [0.1, 0.15) is 72.6 Å². The number of hydrogen-bond acceptors (Lipinski definition) is 0. The molecule has 0 aromatic carbocycles. The summed E-state index contributed by atoms with van der Waals surface area (Å²) in [7, 11) is 0. The van der Waals surface area contributed by atoms with E-state index in [2.05, 4.69) is 27.7 Å². The zero-order valence-electron chi connectivity index (χ0n) is 11.1. The Bertz CT molecular complexity index is 223. The maximum Gasteiger partial charge on any atom is -0.0274 e. The minimum atomic E-state index is 0.495. The normalized spacial score (nSPS) is 42.4. The Hall–Kier alpha value is 0. The molecule has 0 N–H and O–H groups in total. The first-order chi connectivity index (χ1) is 6.92. The average molecular weight is 208 g/mol. The van der Waals surface area contributed by atoms with Gasteiger partial charge in [0.05, 0.1) is 0 Å². The third-order valence-electron chi connectivity index (χ3n) is 5.66. The molecule has 15 heavy (non-hydrogen) atoms. The minimum Gasteiger partial charge on any atom is -0.0597 e. The molecule has 3 atom stereocenters. The lowest BCUT2D eigenvalue weighted by molar-refractivity contribution is -0.00819. The van der Waals surface area contributed by atoms with E-state index >= 15 is 0 Å². The van der Waals surface area contributed by atoms with Crippen molar-refractivity contribution in [3.63, 3.8) is 0 Å². The molecule has 0 nitrogen and oxygen atoms in total. The molecule has 2 rings (SSSR count). The highest BCUT2D eigenvalue weighted by Gasteiger charge is 2.44. The average Bonchev–Trinajstić information content (AvgIpc) is 2.16. The lowest BCUT2D eigenvalue weighted by Gasteiger charge is -2.51. The van der Waals surface area contributed by atoms with Gasteiger partial charge in [0.15, 0.2) is 0 Å². The van der Waals surface area contributed by atoms with Crippen LogP contribution in [0, 0.1) is 22.7 Å². The first-order valence-corrected chi connectivity index (χ1v) is 6.92. The molecule has 0 amide bonds. The molecule has 2 aliphatic carbocycles. The Morgan fingerprint density at radius 2 is 1.53 bits per heavy atom. The van der Waals surface area contributed by atoms with Crippen molar-refractivity contribution in [3.05, 3.63) is 0 Å². The second-order valence-electron chi connectivity index (χ2n) is 7.36. The molecular formula is C15H28. The number of rotatable bonds is 0. The zero-order valence-corrected chi connectivity index (χ0v) is 11.1. The van der Waals surface area contributed by atoms with E-state index in [1.807, 2.05) is 0 Å². The lowest BCUT2D eigenvalue weighted by atomic mass is 9.54. The van der Waals surface area contributed by atoms with E-state index in [1.54, 1.807) is 0 Å². The Kier molecular flexibility index (Phi) is 2.90. The van der Waals surface area contributed by atoms with Gasteiger partial charge in [-0.3, -0.25) is 0 Å². The number of hydrogen-bond donors (Lipinski definition) is 0. The summed E-state index contributed by atoms with van der Waals surface area (Å²) in [4.78, 5) is 0. The van der Waals surface area contributed by atoms with Crippen molar-refractivity contribution in [1.29, 1.82) is 0 Å². The molecule has 2 aliphatic rings. The molecule has 0 bridgehead atoms. The molecule has 2 saturated carbocycles. The summed E-state index contributed by atoms with van der Waals surface area (Å²) in [6, 6.07) is 0. The Labute approximate surface area is 95.8 Å². The fourth-order valence-corrected chi connectivity index (χ4v) is 3.80. The van der Waals surface area contributed by atoms with Gasteiger partial charge in [-0.15, -0.1) is 0 Å². The second kappa shape index (κ2) is 3.79. The van der Waals surface area contributed by atoms with Gasteiger partial charge >= 0.3 is 0 Å². The van der Waals surface area contributed by atoms with Crippen LogP contribution in [0.5, 0.6) is 0 Å². The van der Waals surface area contributed by atoms with Crippen LogP contribution in [0.25, 0.3) is 0 Å². The van der Waals surface area contributed by atoms with E-state index in [1.165, 1.54) is 44.9 Å². The van der Waals surface area contributed by atoms with Gasteiger partial charge in [-0.05, 0) is 41.9 Å². The quantitative estimate of drug-likeness (QED) is 0.524. The van der Waals surface area contributed by atoms with Crippen molar-refractivity contribution in [3.8, 4) is 0 Å². The molecule has 0 aromatic rings. The molecule has 0 aromatic heterocycles. The van der Waals surface area contributed by atoms with Crippen LogP contribution >= 0.6 is 0 Å². The third-order valence-corrected chi connectivity index (χ3v) is 5.66.